The Labute approximate surface area is 360 Å². The standard InChI is InChI=1S/C57H43N5/c1-4-16-38(17-5-1)40-20-14-21-43(34-40)56-58-55(39-18-6-2-7-19-39)59-57(60-56)44-22-15-25-46(35-44)62-52-29-13-11-27-48(52)50-37-42(31-33-54(50)62)41-30-32-53-49(36-41)47-26-10-12-28-51(47)61(53)45-23-8-3-9-24-45/h2-4,6-14,16-21,23-24,26-37,44H,1,5,15,22,25H2. The molecule has 0 radical (unpaired) electrons. The first-order chi connectivity index (χ1) is 30.7. The van der Waals surface area contributed by atoms with E-state index in [1.54, 1.807) is 0 Å². The van der Waals surface area contributed by atoms with Gasteiger partial charge in [0.05, 0.1) is 22.1 Å². The van der Waals surface area contributed by atoms with Crippen LogP contribution in [0.25, 0.3) is 94.5 Å². The highest BCUT2D eigenvalue weighted by Crippen LogP contribution is 2.41. The molecule has 2 aliphatic carbocycles. The second kappa shape index (κ2) is 15.1. The van der Waals surface area contributed by atoms with Crippen LogP contribution in [-0.4, -0.2) is 24.1 Å². The van der Waals surface area contributed by atoms with Gasteiger partial charge in [0.2, 0.25) is 0 Å². The molecule has 296 valence electrons. The van der Waals surface area contributed by atoms with Crippen LogP contribution < -0.4 is 0 Å². The summed E-state index contributed by atoms with van der Waals surface area (Å²) in [6, 6.07) is 61.2. The minimum atomic E-state index is 0.0374. The van der Waals surface area contributed by atoms with E-state index in [9.17, 15) is 0 Å². The van der Waals surface area contributed by atoms with Crippen molar-refractivity contribution in [3.63, 3.8) is 0 Å². The lowest BCUT2D eigenvalue weighted by molar-refractivity contribution is 0.622. The van der Waals surface area contributed by atoms with E-state index in [-0.39, 0.29) is 5.92 Å². The van der Waals surface area contributed by atoms with E-state index < -0.39 is 0 Å². The molecule has 0 N–H and O–H groups in total. The summed E-state index contributed by atoms with van der Waals surface area (Å²) >= 11 is 0. The number of fused-ring (bicyclic) bond motifs is 6. The smallest absolute Gasteiger partial charge is 0.163 e. The van der Waals surface area contributed by atoms with Crippen LogP contribution >= 0.6 is 0 Å². The van der Waals surface area contributed by atoms with Crippen molar-refractivity contribution in [2.24, 2.45) is 0 Å². The van der Waals surface area contributed by atoms with Crippen molar-refractivity contribution in [1.82, 2.24) is 24.1 Å². The van der Waals surface area contributed by atoms with Crippen LogP contribution in [0, 0.1) is 0 Å². The maximum absolute atomic E-state index is 5.27. The van der Waals surface area contributed by atoms with E-state index in [0.717, 1.165) is 49.1 Å². The maximum Gasteiger partial charge on any atom is 0.163 e. The SMILES string of the molecule is C1=CC(c2cccc(-c3nc(-c4ccccc4)nc(C4C=C(n5c6ccccc6c6cc(-c7ccc8c(c7)c7ccccc7n8-c7ccccc7)ccc65)CCC4)n3)c2)=CCC1. The van der Waals surface area contributed by atoms with Crippen LogP contribution in [0.5, 0.6) is 0 Å². The van der Waals surface area contributed by atoms with E-state index in [1.807, 2.05) is 6.07 Å². The van der Waals surface area contributed by atoms with Crippen molar-refractivity contribution in [1.29, 1.82) is 0 Å². The van der Waals surface area contributed by atoms with Crippen molar-refractivity contribution >= 4 is 54.9 Å². The average molecular weight is 798 g/mol. The molecule has 62 heavy (non-hydrogen) atoms. The highest BCUT2D eigenvalue weighted by molar-refractivity contribution is 6.13. The first-order valence-electron chi connectivity index (χ1n) is 21.9. The molecule has 0 aliphatic heterocycles. The Morgan fingerprint density at radius 3 is 1.76 bits per heavy atom. The third kappa shape index (κ3) is 6.28. The lowest BCUT2D eigenvalue weighted by atomic mass is 9.92. The van der Waals surface area contributed by atoms with Gasteiger partial charge in [-0.15, -0.1) is 0 Å². The molecule has 0 spiro atoms. The summed E-state index contributed by atoms with van der Waals surface area (Å²) < 4.78 is 4.87. The van der Waals surface area contributed by atoms with Crippen molar-refractivity contribution in [2.75, 3.05) is 0 Å². The molecule has 0 bridgehead atoms. The van der Waals surface area contributed by atoms with Crippen LogP contribution in [0.4, 0.5) is 0 Å². The highest BCUT2D eigenvalue weighted by atomic mass is 15.0. The number of benzene rings is 7. The van der Waals surface area contributed by atoms with E-state index in [1.165, 1.54) is 77.3 Å². The number of allylic oxidation sites excluding steroid dienone is 6. The lowest BCUT2D eigenvalue weighted by Gasteiger charge is -2.23. The normalized spacial score (nSPS) is 15.4. The van der Waals surface area contributed by atoms with Crippen LogP contribution in [0.3, 0.4) is 0 Å². The molecule has 2 aliphatic rings. The fraction of sp³-hybridized carbons (Fsp3) is 0.105. The Kier molecular flexibility index (Phi) is 8.84. The number of para-hydroxylation sites is 3. The molecule has 0 saturated carbocycles. The van der Waals surface area contributed by atoms with Gasteiger partial charge in [0.15, 0.2) is 11.6 Å². The van der Waals surface area contributed by atoms with E-state index in [2.05, 4.69) is 197 Å². The quantitative estimate of drug-likeness (QED) is 0.161. The highest BCUT2D eigenvalue weighted by Gasteiger charge is 2.24. The van der Waals surface area contributed by atoms with Gasteiger partial charge in [0.25, 0.3) is 0 Å². The van der Waals surface area contributed by atoms with Gasteiger partial charge in [-0.2, -0.15) is 0 Å². The van der Waals surface area contributed by atoms with Gasteiger partial charge >= 0.3 is 0 Å². The van der Waals surface area contributed by atoms with Crippen molar-refractivity contribution in [3.05, 3.63) is 206 Å². The van der Waals surface area contributed by atoms with Crippen molar-refractivity contribution < 1.29 is 0 Å². The summed E-state index contributed by atoms with van der Waals surface area (Å²) in [5.41, 5.74) is 14.2. The predicted molar refractivity (Wildman–Crippen MR) is 257 cm³/mol. The fourth-order valence-corrected chi connectivity index (χ4v) is 9.83. The molecular weight excluding hydrogens is 755 g/mol. The molecule has 7 aromatic carbocycles. The monoisotopic (exact) mass is 797 g/mol. The van der Waals surface area contributed by atoms with Gasteiger partial charge in [-0.3, -0.25) is 0 Å². The van der Waals surface area contributed by atoms with Gasteiger partial charge in [0.1, 0.15) is 5.82 Å². The Morgan fingerprint density at radius 2 is 1.05 bits per heavy atom. The predicted octanol–water partition coefficient (Wildman–Crippen LogP) is 14.6. The van der Waals surface area contributed by atoms with Gasteiger partial charge < -0.3 is 9.13 Å². The first-order valence-corrected chi connectivity index (χ1v) is 21.9. The zero-order valence-electron chi connectivity index (χ0n) is 34.3. The molecule has 0 saturated heterocycles. The number of rotatable bonds is 7. The fourth-order valence-electron chi connectivity index (χ4n) is 9.83. The van der Waals surface area contributed by atoms with Crippen LogP contribution in [0.15, 0.2) is 194 Å². The first kappa shape index (κ1) is 36.2. The summed E-state index contributed by atoms with van der Waals surface area (Å²) in [6.07, 6.45) is 14.4. The van der Waals surface area contributed by atoms with E-state index in [0.29, 0.717) is 11.6 Å². The lowest BCUT2D eigenvalue weighted by Crippen LogP contribution is -2.12. The second-order valence-electron chi connectivity index (χ2n) is 16.6. The molecular formula is C57H43N5. The molecule has 3 heterocycles. The third-order valence-electron chi connectivity index (χ3n) is 12.8. The molecule has 0 amide bonds. The van der Waals surface area contributed by atoms with Gasteiger partial charge in [0, 0.05) is 50.0 Å². The van der Waals surface area contributed by atoms with Crippen LogP contribution in [0.1, 0.15) is 49.4 Å². The molecule has 10 aromatic rings. The summed E-state index contributed by atoms with van der Waals surface area (Å²) in [6.45, 7) is 0. The molecule has 5 heteroatoms. The van der Waals surface area contributed by atoms with Crippen molar-refractivity contribution in [3.8, 4) is 39.6 Å². The Bertz CT molecular complexity index is 3440. The zero-order chi connectivity index (χ0) is 41.0. The second-order valence-corrected chi connectivity index (χ2v) is 16.6. The Hall–Kier alpha value is -7.63. The summed E-state index contributed by atoms with van der Waals surface area (Å²) in [5.74, 6) is 2.28. The summed E-state index contributed by atoms with van der Waals surface area (Å²) in [5, 5.41) is 5.02. The largest absolute Gasteiger partial charge is 0.313 e. The van der Waals surface area contributed by atoms with Gasteiger partial charge in [-0.05, 0) is 109 Å². The number of nitrogens with zero attached hydrogens (tertiary/aromatic N) is 5. The van der Waals surface area contributed by atoms with Crippen molar-refractivity contribution in [2.45, 2.75) is 38.0 Å². The number of hydrogen-bond acceptors (Lipinski definition) is 3. The molecule has 12 rings (SSSR count). The van der Waals surface area contributed by atoms with Gasteiger partial charge in [-0.25, -0.2) is 15.0 Å². The molecule has 3 aromatic heterocycles. The average Bonchev–Trinajstić information content (AvgIpc) is 3.87. The Balaban J connectivity index is 0.957. The minimum Gasteiger partial charge on any atom is -0.313 e. The summed E-state index contributed by atoms with van der Waals surface area (Å²) in [7, 11) is 0. The van der Waals surface area contributed by atoms with E-state index in [4.69, 9.17) is 15.0 Å². The maximum atomic E-state index is 5.27. The zero-order valence-corrected chi connectivity index (χ0v) is 34.3. The minimum absolute atomic E-state index is 0.0374. The third-order valence-corrected chi connectivity index (χ3v) is 12.8. The topological polar surface area (TPSA) is 48.5 Å². The Morgan fingerprint density at radius 1 is 0.452 bits per heavy atom. The van der Waals surface area contributed by atoms with E-state index >= 15 is 0 Å². The number of hydrogen-bond donors (Lipinski definition) is 0. The summed E-state index contributed by atoms with van der Waals surface area (Å²) in [4.78, 5) is 15.6. The van der Waals surface area contributed by atoms with Crippen LogP contribution in [-0.2, 0) is 0 Å². The molecule has 5 nitrogen and oxygen atoms in total. The number of aromatic nitrogens is 5. The molecule has 0 fully saturated rings. The molecule has 1 unspecified atom stereocenters. The van der Waals surface area contributed by atoms with Gasteiger partial charge in [-0.1, -0.05) is 140 Å². The van der Waals surface area contributed by atoms with Crippen LogP contribution in [0.2, 0.25) is 0 Å². The molecule has 1 atom stereocenters.